The summed E-state index contributed by atoms with van der Waals surface area (Å²) in [5.74, 6) is 0.641. The standard InChI is InChI=1S/C24H29N3O/c28-25-19-9-11-21(12-10-19)27-17-23(22-7-3-4-8-24(22)27)18-13-15-26(16-14-18)20-5-1-2-6-20/h3-4,7-12,17-18,20,25,28H,1-2,5-6,13-16H2. The molecule has 2 fully saturated rings. The predicted molar refractivity (Wildman–Crippen MR) is 114 cm³/mol. The Morgan fingerprint density at radius 2 is 1.57 bits per heavy atom. The highest BCUT2D eigenvalue weighted by Crippen LogP contribution is 2.37. The van der Waals surface area contributed by atoms with Crippen molar-refractivity contribution in [1.29, 1.82) is 0 Å². The van der Waals surface area contributed by atoms with Gasteiger partial charge < -0.3 is 9.47 Å². The van der Waals surface area contributed by atoms with Gasteiger partial charge in [0.1, 0.15) is 0 Å². The van der Waals surface area contributed by atoms with Gasteiger partial charge in [-0.05, 0) is 80.6 Å². The van der Waals surface area contributed by atoms with Crippen LogP contribution in [0.3, 0.4) is 0 Å². The van der Waals surface area contributed by atoms with Crippen LogP contribution in [0.15, 0.2) is 54.7 Å². The quantitative estimate of drug-likeness (QED) is 0.587. The van der Waals surface area contributed by atoms with E-state index in [2.05, 4.69) is 57.5 Å². The first kappa shape index (κ1) is 17.8. The summed E-state index contributed by atoms with van der Waals surface area (Å²) in [5.41, 5.74) is 6.81. The van der Waals surface area contributed by atoms with Gasteiger partial charge in [0, 0.05) is 23.3 Å². The molecule has 0 unspecified atom stereocenters. The number of piperidine rings is 1. The molecule has 0 radical (unpaired) electrons. The summed E-state index contributed by atoms with van der Waals surface area (Å²) in [6, 6.07) is 17.5. The third-order valence-corrected chi connectivity index (χ3v) is 6.83. The van der Waals surface area contributed by atoms with Gasteiger partial charge in [-0.1, -0.05) is 31.0 Å². The van der Waals surface area contributed by atoms with Crippen LogP contribution < -0.4 is 5.48 Å². The number of nitrogens with one attached hydrogen (secondary N) is 1. The average Bonchev–Trinajstić information content (AvgIpc) is 3.43. The van der Waals surface area contributed by atoms with Gasteiger partial charge in [-0.3, -0.25) is 10.7 Å². The van der Waals surface area contributed by atoms with E-state index >= 15 is 0 Å². The summed E-state index contributed by atoms with van der Waals surface area (Å²) in [7, 11) is 0. The molecule has 0 amide bonds. The molecule has 1 saturated heterocycles. The number of fused-ring (bicyclic) bond motifs is 1. The molecule has 4 heteroatoms. The zero-order valence-corrected chi connectivity index (χ0v) is 16.3. The highest BCUT2D eigenvalue weighted by atomic mass is 16.5. The van der Waals surface area contributed by atoms with Gasteiger partial charge >= 0.3 is 0 Å². The molecule has 28 heavy (non-hydrogen) atoms. The molecule has 1 aliphatic carbocycles. The van der Waals surface area contributed by atoms with E-state index in [4.69, 9.17) is 5.21 Å². The molecule has 3 aromatic rings. The molecular formula is C24H29N3O. The van der Waals surface area contributed by atoms with Crippen LogP contribution in [0, 0.1) is 0 Å². The number of anilines is 1. The van der Waals surface area contributed by atoms with Crippen molar-refractivity contribution < 1.29 is 5.21 Å². The summed E-state index contributed by atoms with van der Waals surface area (Å²) >= 11 is 0. The van der Waals surface area contributed by atoms with E-state index in [-0.39, 0.29) is 0 Å². The van der Waals surface area contributed by atoms with Crippen LogP contribution in [0.1, 0.15) is 50.0 Å². The molecule has 1 aliphatic heterocycles. The minimum absolute atomic E-state index is 0.641. The minimum atomic E-state index is 0.641. The van der Waals surface area contributed by atoms with Crippen LogP contribution in [0.5, 0.6) is 0 Å². The fourth-order valence-corrected chi connectivity index (χ4v) is 5.29. The van der Waals surface area contributed by atoms with Crippen LogP contribution in [-0.4, -0.2) is 33.8 Å². The first-order valence-corrected chi connectivity index (χ1v) is 10.7. The molecule has 0 spiro atoms. The second-order valence-corrected chi connectivity index (χ2v) is 8.38. The van der Waals surface area contributed by atoms with Gasteiger partial charge in [-0.15, -0.1) is 0 Å². The van der Waals surface area contributed by atoms with Gasteiger partial charge in [-0.2, -0.15) is 0 Å². The Bertz CT molecular complexity index is 932. The number of hydrogen-bond acceptors (Lipinski definition) is 3. The third-order valence-electron chi connectivity index (χ3n) is 6.83. The lowest BCUT2D eigenvalue weighted by atomic mass is 9.88. The van der Waals surface area contributed by atoms with E-state index in [0.717, 1.165) is 11.7 Å². The van der Waals surface area contributed by atoms with Gasteiger partial charge in [0.15, 0.2) is 0 Å². The normalized spacial score (nSPS) is 19.5. The highest BCUT2D eigenvalue weighted by Gasteiger charge is 2.29. The number of nitrogens with zero attached hydrogens (tertiary/aromatic N) is 2. The Balaban J connectivity index is 1.43. The largest absolute Gasteiger partial charge is 0.316 e. The summed E-state index contributed by atoms with van der Waals surface area (Å²) in [5, 5.41) is 10.5. The highest BCUT2D eigenvalue weighted by molar-refractivity contribution is 5.86. The smallest absolute Gasteiger partial charge is 0.0603 e. The topological polar surface area (TPSA) is 40.4 Å². The van der Waals surface area contributed by atoms with Crippen LogP contribution in [-0.2, 0) is 0 Å². The third kappa shape index (κ3) is 3.21. The van der Waals surface area contributed by atoms with Crippen molar-refractivity contribution in [2.45, 2.75) is 50.5 Å². The van der Waals surface area contributed by atoms with Gasteiger partial charge in [-0.25, -0.2) is 0 Å². The molecule has 0 atom stereocenters. The summed E-state index contributed by atoms with van der Waals surface area (Å²) in [4.78, 5) is 2.75. The Morgan fingerprint density at radius 1 is 0.857 bits per heavy atom. The number of hydrogen-bond donors (Lipinski definition) is 2. The van der Waals surface area contributed by atoms with E-state index in [1.807, 2.05) is 12.1 Å². The maximum absolute atomic E-state index is 9.08. The van der Waals surface area contributed by atoms with E-state index in [9.17, 15) is 0 Å². The van der Waals surface area contributed by atoms with E-state index in [0.29, 0.717) is 11.6 Å². The van der Waals surface area contributed by atoms with Crippen molar-refractivity contribution in [1.82, 2.24) is 9.47 Å². The molecule has 5 rings (SSSR count). The molecule has 0 bridgehead atoms. The average molecular weight is 376 g/mol. The van der Waals surface area contributed by atoms with E-state index < -0.39 is 0 Å². The Kier molecular flexibility index (Phi) is 4.83. The summed E-state index contributed by atoms with van der Waals surface area (Å²) in [6.45, 7) is 2.48. The lowest BCUT2D eigenvalue weighted by Crippen LogP contribution is -2.39. The Morgan fingerprint density at radius 3 is 2.29 bits per heavy atom. The first-order valence-electron chi connectivity index (χ1n) is 10.7. The molecule has 2 aliphatic rings. The van der Waals surface area contributed by atoms with E-state index in [1.165, 1.54) is 68.1 Å². The monoisotopic (exact) mass is 375 g/mol. The van der Waals surface area contributed by atoms with Crippen molar-refractivity contribution in [3.8, 4) is 5.69 Å². The lowest BCUT2D eigenvalue weighted by Gasteiger charge is -2.36. The minimum Gasteiger partial charge on any atom is -0.316 e. The molecule has 146 valence electrons. The maximum atomic E-state index is 9.08. The molecule has 2 heterocycles. The zero-order valence-electron chi connectivity index (χ0n) is 16.3. The van der Waals surface area contributed by atoms with Crippen molar-refractivity contribution in [2.24, 2.45) is 0 Å². The molecule has 1 saturated carbocycles. The number of rotatable bonds is 4. The number of likely N-dealkylation sites (tertiary alicyclic amines) is 1. The first-order chi connectivity index (χ1) is 13.8. The number of aromatic nitrogens is 1. The number of benzene rings is 2. The fourth-order valence-electron chi connectivity index (χ4n) is 5.29. The maximum Gasteiger partial charge on any atom is 0.0603 e. The number of para-hydroxylation sites is 1. The van der Waals surface area contributed by atoms with Crippen LogP contribution in [0.25, 0.3) is 16.6 Å². The van der Waals surface area contributed by atoms with Crippen LogP contribution >= 0.6 is 0 Å². The van der Waals surface area contributed by atoms with Crippen molar-refractivity contribution in [3.63, 3.8) is 0 Å². The molecule has 4 nitrogen and oxygen atoms in total. The van der Waals surface area contributed by atoms with Crippen LogP contribution in [0.2, 0.25) is 0 Å². The van der Waals surface area contributed by atoms with Gasteiger partial charge in [0.2, 0.25) is 0 Å². The SMILES string of the molecule is ONc1ccc(-n2cc(C3CCN(C4CCCC4)CC3)c3ccccc32)cc1. The Labute approximate surface area is 166 Å². The zero-order chi connectivity index (χ0) is 18.9. The van der Waals surface area contributed by atoms with Crippen LogP contribution in [0.4, 0.5) is 5.69 Å². The van der Waals surface area contributed by atoms with Crippen molar-refractivity contribution in [3.05, 3.63) is 60.3 Å². The molecule has 2 N–H and O–H groups in total. The lowest BCUT2D eigenvalue weighted by molar-refractivity contribution is 0.154. The summed E-state index contributed by atoms with van der Waals surface area (Å²) < 4.78 is 2.30. The predicted octanol–water partition coefficient (Wildman–Crippen LogP) is 5.55. The second-order valence-electron chi connectivity index (χ2n) is 8.38. The van der Waals surface area contributed by atoms with Crippen molar-refractivity contribution >= 4 is 16.6 Å². The Hall–Kier alpha value is -2.30. The van der Waals surface area contributed by atoms with E-state index in [1.54, 1.807) is 0 Å². The molecule has 2 aromatic carbocycles. The fraction of sp³-hybridized carbons (Fsp3) is 0.417. The molecular weight excluding hydrogens is 346 g/mol. The summed E-state index contributed by atoms with van der Waals surface area (Å²) in [6.07, 6.45) is 10.5. The van der Waals surface area contributed by atoms with Gasteiger partial charge in [0.05, 0.1) is 11.2 Å². The van der Waals surface area contributed by atoms with Crippen molar-refractivity contribution in [2.75, 3.05) is 18.6 Å². The molecule has 1 aromatic heterocycles. The second kappa shape index (κ2) is 7.61. The van der Waals surface area contributed by atoms with Gasteiger partial charge in [0.25, 0.3) is 0 Å².